The predicted molar refractivity (Wildman–Crippen MR) is 115 cm³/mol. The topological polar surface area (TPSA) is 20.3 Å². The second kappa shape index (κ2) is 7.24. The highest BCUT2D eigenvalue weighted by atomic mass is 16.1. The fraction of sp³-hybridized carbons (Fsp3) is 0.480. The van der Waals surface area contributed by atoms with Crippen LogP contribution in [0.4, 0.5) is 0 Å². The number of piperidine rings is 1. The van der Waals surface area contributed by atoms with Crippen molar-refractivity contribution in [1.29, 1.82) is 0 Å². The minimum Gasteiger partial charge on any atom is -0.292 e. The van der Waals surface area contributed by atoms with E-state index in [1.54, 1.807) is 0 Å². The van der Waals surface area contributed by atoms with E-state index in [9.17, 15) is 4.79 Å². The molecule has 0 aromatic heterocycles. The van der Waals surface area contributed by atoms with Crippen molar-refractivity contribution >= 4 is 11.4 Å². The van der Waals surface area contributed by atoms with Crippen LogP contribution in [0.2, 0.25) is 0 Å². The molecular weight excluding hydrogens is 330 g/mol. The maximum atomic E-state index is 13.4. The first-order valence-electron chi connectivity index (χ1n) is 10.2. The fourth-order valence-electron chi connectivity index (χ4n) is 4.51. The lowest BCUT2D eigenvalue weighted by molar-refractivity contribution is 0.0579. The zero-order chi connectivity index (χ0) is 19.8. The van der Waals surface area contributed by atoms with Gasteiger partial charge in [0.25, 0.3) is 0 Å². The highest BCUT2D eigenvalue weighted by Gasteiger charge is 2.38. The summed E-state index contributed by atoms with van der Waals surface area (Å²) in [7, 11) is 0. The minimum absolute atomic E-state index is 0.0677. The molecule has 1 aliphatic heterocycles. The number of hydrogen-bond acceptors (Lipinski definition) is 2. The number of Topliss-reactive ketones (excluding diaryl/α,β-unsaturated/α-hetero) is 1. The normalized spacial score (nSPS) is 20.2. The van der Waals surface area contributed by atoms with Crippen LogP contribution in [-0.4, -0.2) is 29.3 Å². The summed E-state index contributed by atoms with van der Waals surface area (Å²) < 4.78 is 0. The number of ketones is 1. The third-order valence-electron chi connectivity index (χ3n) is 6.69. The smallest absolute Gasteiger partial charge is 0.182 e. The van der Waals surface area contributed by atoms with Crippen molar-refractivity contribution in [2.45, 2.75) is 64.8 Å². The number of fused-ring (bicyclic) bond motifs is 1. The van der Waals surface area contributed by atoms with Crippen LogP contribution >= 0.6 is 0 Å². The molecule has 0 unspecified atom stereocenters. The van der Waals surface area contributed by atoms with E-state index in [0.717, 1.165) is 18.7 Å². The Morgan fingerprint density at radius 2 is 1.85 bits per heavy atom. The van der Waals surface area contributed by atoms with Gasteiger partial charge < -0.3 is 0 Å². The Bertz CT molecular complexity index is 817. The van der Waals surface area contributed by atoms with Gasteiger partial charge in [-0.1, -0.05) is 62.8 Å². The summed E-state index contributed by atoms with van der Waals surface area (Å²) in [5.74, 6) is 0.232. The van der Waals surface area contributed by atoms with Crippen LogP contribution in [0.15, 0.2) is 48.6 Å². The van der Waals surface area contributed by atoms with Crippen LogP contribution in [0.3, 0.4) is 0 Å². The quantitative estimate of drug-likeness (QED) is 0.476. The Morgan fingerprint density at radius 1 is 1.19 bits per heavy atom. The zero-order valence-electron chi connectivity index (χ0n) is 17.6. The Kier molecular flexibility index (Phi) is 5.31. The Balaban J connectivity index is 1.98. The van der Waals surface area contributed by atoms with Crippen LogP contribution in [0.5, 0.6) is 0 Å². The van der Waals surface area contributed by atoms with Gasteiger partial charge in [0.15, 0.2) is 5.78 Å². The third-order valence-corrected chi connectivity index (χ3v) is 6.69. The summed E-state index contributed by atoms with van der Waals surface area (Å²) in [6, 6.07) is 6.29. The minimum atomic E-state index is -0.453. The maximum Gasteiger partial charge on any atom is 0.182 e. The van der Waals surface area contributed by atoms with Crippen molar-refractivity contribution in [2.75, 3.05) is 13.1 Å². The van der Waals surface area contributed by atoms with Gasteiger partial charge in [0.1, 0.15) is 0 Å². The van der Waals surface area contributed by atoms with Crippen LogP contribution in [0.25, 0.3) is 5.57 Å². The Labute approximate surface area is 164 Å². The Morgan fingerprint density at radius 3 is 2.48 bits per heavy atom. The van der Waals surface area contributed by atoms with E-state index >= 15 is 0 Å². The molecule has 0 amide bonds. The second-order valence-corrected chi connectivity index (χ2v) is 8.95. The molecule has 0 saturated carbocycles. The van der Waals surface area contributed by atoms with Crippen molar-refractivity contribution in [3.05, 3.63) is 65.3 Å². The molecular formula is C25H33NO. The third kappa shape index (κ3) is 3.36. The van der Waals surface area contributed by atoms with Crippen LogP contribution in [0.1, 0.15) is 75.4 Å². The lowest BCUT2D eigenvalue weighted by Crippen LogP contribution is -2.52. The average molecular weight is 364 g/mol. The first-order chi connectivity index (χ1) is 12.7. The van der Waals surface area contributed by atoms with E-state index in [-0.39, 0.29) is 11.2 Å². The summed E-state index contributed by atoms with van der Waals surface area (Å²) in [6.07, 6.45) is 9.59. The monoisotopic (exact) mass is 363 g/mol. The SMILES string of the molecule is C=C/C=C\C1=C(C)C(C)(C)c2cc(C(=O)C(C)(C)N3CCCCC3)ccc21. The number of nitrogens with zero attached hydrogens (tertiary/aromatic N) is 1. The van der Waals surface area contributed by atoms with Crippen LogP contribution in [0, 0.1) is 0 Å². The predicted octanol–water partition coefficient (Wildman–Crippen LogP) is 5.94. The molecule has 0 N–H and O–H groups in total. The fourth-order valence-corrected chi connectivity index (χ4v) is 4.51. The van der Waals surface area contributed by atoms with Gasteiger partial charge in [0, 0.05) is 11.0 Å². The Hall–Kier alpha value is -1.93. The lowest BCUT2D eigenvalue weighted by Gasteiger charge is -2.40. The van der Waals surface area contributed by atoms with E-state index in [0.29, 0.717) is 0 Å². The number of likely N-dealkylation sites (tertiary alicyclic amines) is 1. The van der Waals surface area contributed by atoms with Gasteiger partial charge in [0.05, 0.1) is 5.54 Å². The summed E-state index contributed by atoms with van der Waals surface area (Å²) >= 11 is 0. The van der Waals surface area contributed by atoms with Gasteiger partial charge in [-0.15, -0.1) is 0 Å². The molecule has 0 atom stereocenters. The van der Waals surface area contributed by atoms with Gasteiger partial charge in [0.2, 0.25) is 0 Å². The number of carbonyl (C=O) groups excluding carboxylic acids is 1. The molecule has 1 aliphatic carbocycles. The summed E-state index contributed by atoms with van der Waals surface area (Å²) in [4.78, 5) is 15.8. The standard InChI is InChI=1S/C25H33NO/c1-7-8-12-20-18(2)24(3,4)22-17-19(13-14-21(20)22)23(27)25(5,6)26-15-10-9-11-16-26/h7-8,12-14,17H,1,9-11,15-16H2,2-6H3/b12-8-. The maximum absolute atomic E-state index is 13.4. The molecule has 3 rings (SSSR count). The van der Waals surface area contributed by atoms with Gasteiger partial charge in [-0.2, -0.15) is 0 Å². The summed E-state index contributed by atoms with van der Waals surface area (Å²) in [5.41, 5.74) is 5.40. The highest BCUT2D eigenvalue weighted by Crippen LogP contribution is 2.47. The van der Waals surface area contributed by atoms with Gasteiger partial charge >= 0.3 is 0 Å². The van der Waals surface area contributed by atoms with Crippen molar-refractivity contribution < 1.29 is 4.79 Å². The largest absolute Gasteiger partial charge is 0.292 e. The van der Waals surface area contributed by atoms with E-state index in [4.69, 9.17) is 0 Å². The number of rotatable bonds is 5. The zero-order valence-corrected chi connectivity index (χ0v) is 17.6. The van der Waals surface area contributed by atoms with Crippen LogP contribution < -0.4 is 0 Å². The molecule has 2 nitrogen and oxygen atoms in total. The molecule has 0 spiro atoms. The van der Waals surface area contributed by atoms with E-state index < -0.39 is 5.54 Å². The van der Waals surface area contributed by atoms with Gasteiger partial charge in [-0.05, 0) is 69.5 Å². The van der Waals surface area contributed by atoms with Crippen molar-refractivity contribution in [3.8, 4) is 0 Å². The van der Waals surface area contributed by atoms with E-state index in [2.05, 4.69) is 64.3 Å². The number of benzene rings is 1. The molecule has 1 saturated heterocycles. The molecule has 1 fully saturated rings. The molecule has 27 heavy (non-hydrogen) atoms. The molecule has 1 heterocycles. The van der Waals surface area contributed by atoms with Gasteiger partial charge in [-0.3, -0.25) is 9.69 Å². The first kappa shape index (κ1) is 19.8. The summed E-state index contributed by atoms with van der Waals surface area (Å²) in [6.45, 7) is 16.7. The molecule has 1 aromatic rings. The van der Waals surface area contributed by atoms with Crippen molar-refractivity contribution in [2.24, 2.45) is 0 Å². The average Bonchev–Trinajstić information content (AvgIpc) is 2.86. The molecule has 0 radical (unpaired) electrons. The van der Waals surface area contributed by atoms with Crippen molar-refractivity contribution in [3.63, 3.8) is 0 Å². The number of allylic oxidation sites excluding steroid dienone is 5. The molecule has 0 bridgehead atoms. The summed E-state index contributed by atoms with van der Waals surface area (Å²) in [5, 5.41) is 0. The second-order valence-electron chi connectivity index (χ2n) is 8.95. The molecule has 2 aliphatic rings. The van der Waals surface area contributed by atoms with Crippen molar-refractivity contribution in [1.82, 2.24) is 4.90 Å². The number of carbonyl (C=O) groups is 1. The molecule has 2 heteroatoms. The van der Waals surface area contributed by atoms with Gasteiger partial charge in [-0.25, -0.2) is 0 Å². The lowest BCUT2D eigenvalue weighted by atomic mass is 9.80. The molecule has 144 valence electrons. The number of hydrogen-bond donors (Lipinski definition) is 0. The first-order valence-corrected chi connectivity index (χ1v) is 10.2. The van der Waals surface area contributed by atoms with Crippen LogP contribution in [-0.2, 0) is 5.41 Å². The van der Waals surface area contributed by atoms with E-state index in [1.807, 2.05) is 18.2 Å². The van der Waals surface area contributed by atoms with E-state index in [1.165, 1.54) is 41.5 Å². The molecule has 1 aromatic carbocycles. The highest BCUT2D eigenvalue weighted by molar-refractivity contribution is 6.03.